The van der Waals surface area contributed by atoms with E-state index in [1.54, 1.807) is 17.6 Å². The number of thiazole rings is 1. The average Bonchev–Trinajstić information content (AvgIpc) is 3.00. The number of nitrogens with zero attached hydrogens (tertiary/aromatic N) is 2. The first-order valence-electron chi connectivity index (χ1n) is 7.01. The Morgan fingerprint density at radius 3 is 3.11 bits per heavy atom. The standard InChI is InChI=1S/C15H20N2OS/c1-12-16-13(11-19-12)10-17-8-4-2-3-6-14(17)15-7-5-9-18-15/h5,7,9,11,14H,2-4,6,8,10H2,1H3. The highest BCUT2D eigenvalue weighted by atomic mass is 32.1. The molecule has 3 nitrogen and oxygen atoms in total. The smallest absolute Gasteiger partial charge is 0.120 e. The number of aryl methyl sites for hydroxylation is 1. The second-order valence-corrected chi connectivity index (χ2v) is 6.27. The molecule has 4 heteroatoms. The zero-order valence-electron chi connectivity index (χ0n) is 11.3. The van der Waals surface area contributed by atoms with Gasteiger partial charge in [-0.1, -0.05) is 12.8 Å². The number of likely N-dealkylation sites (tertiary alicyclic amines) is 1. The maximum atomic E-state index is 5.64. The second kappa shape index (κ2) is 5.88. The van der Waals surface area contributed by atoms with Crippen molar-refractivity contribution in [3.05, 3.63) is 40.2 Å². The summed E-state index contributed by atoms with van der Waals surface area (Å²) in [4.78, 5) is 7.13. The van der Waals surface area contributed by atoms with E-state index in [-0.39, 0.29) is 0 Å². The van der Waals surface area contributed by atoms with Crippen molar-refractivity contribution < 1.29 is 4.42 Å². The normalized spacial score (nSPS) is 21.4. The molecular weight excluding hydrogens is 256 g/mol. The summed E-state index contributed by atoms with van der Waals surface area (Å²) in [6, 6.07) is 4.51. The van der Waals surface area contributed by atoms with Crippen molar-refractivity contribution in [3.63, 3.8) is 0 Å². The second-order valence-electron chi connectivity index (χ2n) is 5.21. The first-order valence-corrected chi connectivity index (χ1v) is 7.89. The molecule has 0 aromatic carbocycles. The van der Waals surface area contributed by atoms with Gasteiger partial charge in [0, 0.05) is 11.9 Å². The summed E-state index contributed by atoms with van der Waals surface area (Å²) in [5.41, 5.74) is 1.20. The highest BCUT2D eigenvalue weighted by Crippen LogP contribution is 2.31. The average molecular weight is 276 g/mol. The summed E-state index contributed by atoms with van der Waals surface area (Å²) in [5, 5.41) is 3.33. The predicted molar refractivity (Wildman–Crippen MR) is 77.2 cm³/mol. The van der Waals surface area contributed by atoms with Gasteiger partial charge in [-0.2, -0.15) is 0 Å². The molecule has 1 atom stereocenters. The van der Waals surface area contributed by atoms with Crippen LogP contribution in [0.2, 0.25) is 0 Å². The molecule has 3 heterocycles. The number of hydrogen-bond donors (Lipinski definition) is 0. The molecule has 0 saturated carbocycles. The molecule has 1 unspecified atom stereocenters. The SMILES string of the molecule is Cc1nc(CN2CCCCCC2c2ccco2)cs1. The minimum atomic E-state index is 0.416. The lowest BCUT2D eigenvalue weighted by Crippen LogP contribution is -2.28. The van der Waals surface area contributed by atoms with Crippen LogP contribution in [0.1, 0.15) is 48.2 Å². The number of furan rings is 1. The Hall–Kier alpha value is -1.13. The minimum Gasteiger partial charge on any atom is -0.468 e. The van der Waals surface area contributed by atoms with Gasteiger partial charge in [-0.05, 0) is 38.4 Å². The molecule has 0 amide bonds. The summed E-state index contributed by atoms with van der Waals surface area (Å²) >= 11 is 1.74. The molecule has 0 N–H and O–H groups in total. The molecule has 3 rings (SSSR count). The van der Waals surface area contributed by atoms with Crippen LogP contribution in [0.5, 0.6) is 0 Å². The highest BCUT2D eigenvalue weighted by molar-refractivity contribution is 7.09. The van der Waals surface area contributed by atoms with Gasteiger partial charge in [-0.25, -0.2) is 4.98 Å². The maximum absolute atomic E-state index is 5.64. The van der Waals surface area contributed by atoms with Gasteiger partial charge in [0.2, 0.25) is 0 Å². The van der Waals surface area contributed by atoms with Crippen LogP contribution in [0.25, 0.3) is 0 Å². The first-order chi connectivity index (χ1) is 9.33. The Bertz CT molecular complexity index is 506. The molecule has 1 saturated heterocycles. The third-order valence-corrected chi connectivity index (χ3v) is 4.59. The number of aromatic nitrogens is 1. The molecule has 0 radical (unpaired) electrons. The Morgan fingerprint density at radius 1 is 1.42 bits per heavy atom. The van der Waals surface area contributed by atoms with E-state index in [1.165, 1.54) is 31.4 Å². The van der Waals surface area contributed by atoms with Gasteiger partial charge in [0.1, 0.15) is 5.76 Å². The summed E-state index contributed by atoms with van der Waals surface area (Å²) in [5.74, 6) is 1.11. The Balaban J connectivity index is 1.78. The largest absolute Gasteiger partial charge is 0.468 e. The third kappa shape index (κ3) is 3.07. The molecule has 1 aliphatic rings. The summed E-state index contributed by atoms with van der Waals surface area (Å²) in [6.07, 6.45) is 6.87. The van der Waals surface area contributed by atoms with E-state index in [0.29, 0.717) is 6.04 Å². The van der Waals surface area contributed by atoms with E-state index in [0.717, 1.165) is 23.9 Å². The van der Waals surface area contributed by atoms with Crippen molar-refractivity contribution in [2.24, 2.45) is 0 Å². The van der Waals surface area contributed by atoms with Gasteiger partial charge in [0.15, 0.2) is 0 Å². The molecule has 0 aliphatic carbocycles. The van der Waals surface area contributed by atoms with E-state index < -0.39 is 0 Å². The molecule has 2 aromatic rings. The van der Waals surface area contributed by atoms with Crippen molar-refractivity contribution in [3.8, 4) is 0 Å². The van der Waals surface area contributed by atoms with Crippen LogP contribution in [0.3, 0.4) is 0 Å². The van der Waals surface area contributed by atoms with Crippen LogP contribution in [-0.2, 0) is 6.54 Å². The Morgan fingerprint density at radius 2 is 2.37 bits per heavy atom. The lowest BCUT2D eigenvalue weighted by atomic mass is 10.1. The fourth-order valence-corrected chi connectivity index (χ4v) is 3.45. The highest BCUT2D eigenvalue weighted by Gasteiger charge is 2.25. The lowest BCUT2D eigenvalue weighted by molar-refractivity contribution is 0.168. The van der Waals surface area contributed by atoms with Crippen LogP contribution >= 0.6 is 11.3 Å². The Kier molecular flexibility index (Phi) is 3.99. The minimum absolute atomic E-state index is 0.416. The lowest BCUT2D eigenvalue weighted by Gasteiger charge is -2.27. The summed E-state index contributed by atoms with van der Waals surface area (Å²) < 4.78 is 5.64. The van der Waals surface area contributed by atoms with Crippen LogP contribution < -0.4 is 0 Å². The fraction of sp³-hybridized carbons (Fsp3) is 0.533. The fourth-order valence-electron chi connectivity index (χ4n) is 2.85. The zero-order chi connectivity index (χ0) is 13.1. The first kappa shape index (κ1) is 12.9. The van der Waals surface area contributed by atoms with Gasteiger partial charge in [0.25, 0.3) is 0 Å². The van der Waals surface area contributed by atoms with Crippen LogP contribution in [0.4, 0.5) is 0 Å². The third-order valence-electron chi connectivity index (χ3n) is 3.77. The van der Waals surface area contributed by atoms with Gasteiger partial charge in [0.05, 0.1) is 23.0 Å². The van der Waals surface area contributed by atoms with E-state index >= 15 is 0 Å². The Labute approximate surface area is 118 Å². The van der Waals surface area contributed by atoms with Crippen molar-refractivity contribution >= 4 is 11.3 Å². The molecule has 0 spiro atoms. The van der Waals surface area contributed by atoms with Crippen molar-refractivity contribution in [1.29, 1.82) is 0 Å². The monoisotopic (exact) mass is 276 g/mol. The van der Waals surface area contributed by atoms with Gasteiger partial charge in [-0.15, -0.1) is 11.3 Å². The molecule has 2 aromatic heterocycles. The summed E-state index contributed by atoms with van der Waals surface area (Å²) in [6.45, 7) is 4.15. The van der Waals surface area contributed by atoms with E-state index in [4.69, 9.17) is 4.42 Å². The van der Waals surface area contributed by atoms with E-state index in [2.05, 4.69) is 28.3 Å². The molecule has 102 valence electrons. The van der Waals surface area contributed by atoms with Crippen molar-refractivity contribution in [2.75, 3.05) is 6.54 Å². The van der Waals surface area contributed by atoms with Gasteiger partial charge in [-0.3, -0.25) is 4.90 Å². The van der Waals surface area contributed by atoms with Crippen LogP contribution in [0, 0.1) is 6.92 Å². The molecule has 19 heavy (non-hydrogen) atoms. The van der Waals surface area contributed by atoms with Crippen LogP contribution in [-0.4, -0.2) is 16.4 Å². The van der Waals surface area contributed by atoms with Crippen molar-refractivity contribution in [1.82, 2.24) is 9.88 Å². The van der Waals surface area contributed by atoms with Gasteiger partial charge >= 0.3 is 0 Å². The number of rotatable bonds is 3. The molecular formula is C15H20N2OS. The van der Waals surface area contributed by atoms with E-state index in [1.807, 2.05) is 6.07 Å². The molecule has 1 aliphatic heterocycles. The van der Waals surface area contributed by atoms with Gasteiger partial charge < -0.3 is 4.42 Å². The summed E-state index contributed by atoms with van der Waals surface area (Å²) in [7, 11) is 0. The topological polar surface area (TPSA) is 29.3 Å². The molecule has 1 fully saturated rings. The quantitative estimate of drug-likeness (QED) is 0.843. The van der Waals surface area contributed by atoms with Crippen molar-refractivity contribution in [2.45, 2.75) is 45.2 Å². The van der Waals surface area contributed by atoms with E-state index in [9.17, 15) is 0 Å². The molecule has 0 bridgehead atoms. The zero-order valence-corrected chi connectivity index (χ0v) is 12.2. The number of hydrogen-bond acceptors (Lipinski definition) is 4. The predicted octanol–water partition coefficient (Wildman–Crippen LogP) is 4.16. The van der Waals surface area contributed by atoms with Crippen LogP contribution in [0.15, 0.2) is 28.2 Å². The maximum Gasteiger partial charge on any atom is 0.120 e.